The first kappa shape index (κ1) is 26.4. The maximum Gasteiger partial charge on any atom is 0.271 e. The minimum Gasteiger partial charge on any atom is -0.489 e. The molecule has 1 unspecified atom stereocenters. The molecule has 3 rings (SSSR count). The van der Waals surface area contributed by atoms with E-state index in [-0.39, 0.29) is 11.6 Å². The molecule has 0 saturated carbocycles. The summed E-state index contributed by atoms with van der Waals surface area (Å²) in [5.41, 5.74) is 6.18. The van der Waals surface area contributed by atoms with Crippen LogP contribution in [0, 0.1) is 0 Å². The molecule has 190 valence electrons. The van der Waals surface area contributed by atoms with Crippen LogP contribution < -0.4 is 15.8 Å². The maximum absolute atomic E-state index is 13.4. The summed E-state index contributed by atoms with van der Waals surface area (Å²) in [4.78, 5) is 25.8. The van der Waals surface area contributed by atoms with Gasteiger partial charge in [0.25, 0.3) is 5.91 Å². The number of benzene rings is 1. The summed E-state index contributed by atoms with van der Waals surface area (Å²) >= 11 is 0. The second kappa shape index (κ2) is 9.46. The standard InChI is InChI=1S/C24H36N6O4Si/c1-23(2,3)35(7,8)34-15-24(4,22(25)32)27-21(31)20-18-11-17(9-10-19(18)28-30(20)6)33-14-16-12-26-29(5)13-16/h9-13H,14-15H2,1-8H3,(H2,25,32)(H,27,31). The van der Waals surface area contributed by atoms with Gasteiger partial charge in [-0.2, -0.15) is 10.2 Å². The molecule has 11 heteroatoms. The van der Waals surface area contributed by atoms with Gasteiger partial charge < -0.3 is 20.2 Å². The average molecular weight is 501 g/mol. The predicted molar refractivity (Wildman–Crippen MR) is 136 cm³/mol. The number of ether oxygens (including phenoxy) is 1. The van der Waals surface area contributed by atoms with E-state index in [9.17, 15) is 9.59 Å². The van der Waals surface area contributed by atoms with E-state index in [0.29, 0.717) is 29.0 Å². The Morgan fingerprint density at radius 1 is 1.17 bits per heavy atom. The van der Waals surface area contributed by atoms with Gasteiger partial charge in [0.05, 0.1) is 18.3 Å². The molecule has 0 fully saturated rings. The van der Waals surface area contributed by atoms with Gasteiger partial charge >= 0.3 is 0 Å². The van der Waals surface area contributed by atoms with Crippen molar-refractivity contribution in [1.29, 1.82) is 0 Å². The fraction of sp³-hybridized carbons (Fsp3) is 0.500. The van der Waals surface area contributed by atoms with Gasteiger partial charge in [0.15, 0.2) is 8.32 Å². The molecule has 3 N–H and O–H groups in total. The minimum atomic E-state index is -2.17. The monoisotopic (exact) mass is 500 g/mol. The molecule has 2 heterocycles. The van der Waals surface area contributed by atoms with E-state index in [0.717, 1.165) is 5.56 Å². The van der Waals surface area contributed by atoms with Crippen LogP contribution in [-0.2, 0) is 29.9 Å². The first-order valence-electron chi connectivity index (χ1n) is 11.5. The van der Waals surface area contributed by atoms with Gasteiger partial charge in [-0.1, -0.05) is 20.8 Å². The normalized spacial score (nSPS) is 14.1. The lowest BCUT2D eigenvalue weighted by atomic mass is 10.0. The maximum atomic E-state index is 13.4. The quantitative estimate of drug-likeness (QED) is 0.435. The van der Waals surface area contributed by atoms with Crippen molar-refractivity contribution in [1.82, 2.24) is 24.9 Å². The number of nitrogens with two attached hydrogens (primary N) is 1. The van der Waals surface area contributed by atoms with Crippen molar-refractivity contribution >= 4 is 31.0 Å². The Kier molecular flexibility index (Phi) is 7.14. The van der Waals surface area contributed by atoms with Crippen molar-refractivity contribution in [3.8, 4) is 5.75 Å². The van der Waals surface area contributed by atoms with Crippen LogP contribution in [0.15, 0.2) is 30.6 Å². The summed E-state index contributed by atoms with van der Waals surface area (Å²) in [5.74, 6) is -0.557. The first-order chi connectivity index (χ1) is 16.1. The lowest BCUT2D eigenvalue weighted by Gasteiger charge is -2.39. The summed E-state index contributed by atoms with van der Waals surface area (Å²) < 4.78 is 15.3. The number of primary amides is 1. The third-order valence-electron chi connectivity index (χ3n) is 6.64. The van der Waals surface area contributed by atoms with Crippen molar-refractivity contribution in [2.24, 2.45) is 19.8 Å². The summed E-state index contributed by atoms with van der Waals surface area (Å²) in [6.45, 7) is 12.4. The number of carbonyl (C=O) groups is 2. The van der Waals surface area contributed by atoms with Crippen LogP contribution in [-0.4, -0.2) is 51.8 Å². The fourth-order valence-corrected chi connectivity index (χ4v) is 4.35. The van der Waals surface area contributed by atoms with E-state index in [1.807, 2.05) is 13.2 Å². The Bertz CT molecular complexity index is 1240. The average Bonchev–Trinajstić information content (AvgIpc) is 3.31. The zero-order valence-electron chi connectivity index (χ0n) is 21.8. The number of hydrogen-bond donors (Lipinski definition) is 2. The van der Waals surface area contributed by atoms with Crippen molar-refractivity contribution in [2.75, 3.05) is 6.61 Å². The Morgan fingerprint density at radius 3 is 2.43 bits per heavy atom. The van der Waals surface area contributed by atoms with Crippen molar-refractivity contribution in [3.63, 3.8) is 0 Å². The van der Waals surface area contributed by atoms with Crippen LogP contribution in [0.5, 0.6) is 5.75 Å². The Morgan fingerprint density at radius 2 is 1.86 bits per heavy atom. The number of aryl methyl sites for hydroxylation is 2. The summed E-state index contributed by atoms with van der Waals surface area (Å²) in [6.07, 6.45) is 3.61. The second-order valence-corrected chi connectivity index (χ2v) is 15.5. The zero-order valence-corrected chi connectivity index (χ0v) is 22.8. The van der Waals surface area contributed by atoms with Gasteiger partial charge in [0.1, 0.15) is 23.6 Å². The molecule has 0 bridgehead atoms. The van der Waals surface area contributed by atoms with Crippen LogP contribution >= 0.6 is 0 Å². The van der Waals surface area contributed by atoms with Crippen LogP contribution in [0.4, 0.5) is 0 Å². The van der Waals surface area contributed by atoms with E-state index in [1.165, 1.54) is 4.68 Å². The van der Waals surface area contributed by atoms with Gasteiger partial charge in [0, 0.05) is 31.2 Å². The molecule has 2 aromatic heterocycles. The van der Waals surface area contributed by atoms with Crippen LogP contribution in [0.2, 0.25) is 18.1 Å². The number of carbonyl (C=O) groups excluding carboxylic acids is 2. The third kappa shape index (κ3) is 5.73. The van der Waals surface area contributed by atoms with Crippen molar-refractivity contribution in [2.45, 2.75) is 58.0 Å². The molecule has 3 aromatic rings. The molecule has 0 saturated heterocycles. The number of rotatable bonds is 9. The van der Waals surface area contributed by atoms with Gasteiger partial charge in [-0.05, 0) is 43.3 Å². The highest BCUT2D eigenvalue weighted by Gasteiger charge is 2.42. The van der Waals surface area contributed by atoms with Crippen LogP contribution in [0.1, 0.15) is 43.7 Å². The molecular weight excluding hydrogens is 464 g/mol. The molecule has 1 aromatic carbocycles. The van der Waals surface area contributed by atoms with Gasteiger partial charge in [0.2, 0.25) is 5.91 Å². The van der Waals surface area contributed by atoms with Crippen LogP contribution in [0.25, 0.3) is 10.9 Å². The number of hydrogen-bond acceptors (Lipinski definition) is 6. The zero-order chi connectivity index (χ0) is 26.2. The smallest absolute Gasteiger partial charge is 0.271 e. The Hall–Kier alpha value is -3.18. The fourth-order valence-electron chi connectivity index (χ4n) is 3.27. The lowest BCUT2D eigenvalue weighted by molar-refractivity contribution is -0.124. The molecule has 0 radical (unpaired) electrons. The Balaban J connectivity index is 1.84. The van der Waals surface area contributed by atoms with E-state index in [1.54, 1.807) is 43.0 Å². The highest BCUT2D eigenvalue weighted by molar-refractivity contribution is 6.74. The van der Waals surface area contributed by atoms with E-state index >= 15 is 0 Å². The molecule has 0 aliphatic carbocycles. The number of nitrogens with zero attached hydrogens (tertiary/aromatic N) is 4. The first-order valence-corrected chi connectivity index (χ1v) is 14.4. The molecule has 0 aliphatic heterocycles. The number of amides is 2. The largest absolute Gasteiger partial charge is 0.489 e. The summed E-state index contributed by atoms with van der Waals surface area (Å²) in [7, 11) is 1.35. The van der Waals surface area contributed by atoms with Gasteiger partial charge in [-0.3, -0.25) is 19.0 Å². The molecule has 0 aliphatic rings. The SMILES string of the molecule is Cn1cc(COc2ccc3nn(C)c(C(=O)NC(C)(CO[Si](C)(C)C(C)(C)C)C(N)=O)c3c2)cn1. The van der Waals surface area contributed by atoms with Crippen molar-refractivity contribution < 1.29 is 18.8 Å². The molecule has 35 heavy (non-hydrogen) atoms. The minimum absolute atomic E-state index is 0.0141. The number of aromatic nitrogens is 4. The predicted octanol–water partition coefficient (Wildman–Crippen LogP) is 2.88. The summed E-state index contributed by atoms with van der Waals surface area (Å²) in [5, 5.41) is 11.9. The van der Waals surface area contributed by atoms with Gasteiger partial charge in [-0.25, -0.2) is 0 Å². The lowest BCUT2D eigenvalue weighted by Crippen LogP contribution is -2.60. The Labute approximate surface area is 206 Å². The highest BCUT2D eigenvalue weighted by atomic mass is 28.4. The van der Waals surface area contributed by atoms with Crippen LogP contribution in [0.3, 0.4) is 0 Å². The summed E-state index contributed by atoms with van der Waals surface area (Å²) in [6, 6.07) is 5.36. The molecule has 2 amide bonds. The molecule has 10 nitrogen and oxygen atoms in total. The van der Waals surface area contributed by atoms with E-state index < -0.39 is 25.7 Å². The molecule has 1 atom stereocenters. The topological polar surface area (TPSA) is 126 Å². The highest BCUT2D eigenvalue weighted by Crippen LogP contribution is 2.37. The van der Waals surface area contributed by atoms with E-state index in [4.69, 9.17) is 14.9 Å². The van der Waals surface area contributed by atoms with Crippen molar-refractivity contribution in [3.05, 3.63) is 41.9 Å². The molecule has 0 spiro atoms. The molecular formula is C24H36N6O4Si. The number of fused-ring (bicyclic) bond motifs is 1. The second-order valence-electron chi connectivity index (χ2n) is 10.7. The van der Waals surface area contributed by atoms with E-state index in [2.05, 4.69) is 49.4 Å². The van der Waals surface area contributed by atoms with Gasteiger partial charge in [-0.15, -0.1) is 0 Å². The third-order valence-corrected chi connectivity index (χ3v) is 11.1. The number of nitrogens with one attached hydrogen (secondary N) is 1.